The van der Waals surface area contributed by atoms with E-state index in [0.29, 0.717) is 18.2 Å². The maximum absolute atomic E-state index is 12.6. The molecule has 128 valence electrons. The minimum absolute atomic E-state index is 0.135. The standard InChI is InChI=1S/C18H25N5O/c1-12-5-9-15(10-6-12)23-17(14-7-8-14)16(20-21-23)18(24)19-11-13(2)22(3)4/h5-6,9-10,13-14H,7-8,11H2,1-4H3,(H,19,24)/t13-/m0/s1. The lowest BCUT2D eigenvalue weighted by Gasteiger charge is -2.19. The lowest BCUT2D eigenvalue weighted by atomic mass is 10.2. The molecule has 0 radical (unpaired) electrons. The first-order valence-corrected chi connectivity index (χ1v) is 8.44. The van der Waals surface area contributed by atoms with Gasteiger partial charge in [-0.15, -0.1) is 5.10 Å². The average Bonchev–Trinajstić information content (AvgIpc) is 3.31. The fourth-order valence-electron chi connectivity index (χ4n) is 2.56. The molecule has 0 aliphatic heterocycles. The molecule has 0 spiro atoms. The van der Waals surface area contributed by atoms with Gasteiger partial charge in [0.25, 0.3) is 5.91 Å². The van der Waals surface area contributed by atoms with Crippen LogP contribution in [-0.2, 0) is 0 Å². The predicted octanol–water partition coefficient (Wildman–Crippen LogP) is 2.13. The topological polar surface area (TPSA) is 63.1 Å². The Bertz CT molecular complexity index is 716. The highest BCUT2D eigenvalue weighted by atomic mass is 16.2. The number of nitrogens with one attached hydrogen (secondary N) is 1. The number of rotatable bonds is 6. The Kier molecular flexibility index (Phi) is 4.66. The Balaban J connectivity index is 1.84. The highest BCUT2D eigenvalue weighted by molar-refractivity contribution is 5.93. The van der Waals surface area contributed by atoms with E-state index < -0.39 is 0 Å². The fourth-order valence-corrected chi connectivity index (χ4v) is 2.56. The fraction of sp³-hybridized carbons (Fsp3) is 0.500. The van der Waals surface area contributed by atoms with Crippen molar-refractivity contribution in [3.8, 4) is 5.69 Å². The molecule has 1 fully saturated rings. The summed E-state index contributed by atoms with van der Waals surface area (Å²) in [6.07, 6.45) is 2.18. The van der Waals surface area contributed by atoms with Crippen LogP contribution in [0.2, 0.25) is 0 Å². The second-order valence-electron chi connectivity index (χ2n) is 6.87. The molecule has 1 aliphatic rings. The number of hydrogen-bond donors (Lipinski definition) is 1. The number of aryl methyl sites for hydroxylation is 1. The number of benzene rings is 1. The first-order chi connectivity index (χ1) is 11.5. The summed E-state index contributed by atoms with van der Waals surface area (Å²) >= 11 is 0. The number of carbonyl (C=O) groups is 1. The van der Waals surface area contributed by atoms with Crippen LogP contribution < -0.4 is 5.32 Å². The number of aromatic nitrogens is 3. The van der Waals surface area contributed by atoms with Crippen molar-refractivity contribution >= 4 is 5.91 Å². The zero-order valence-corrected chi connectivity index (χ0v) is 14.8. The van der Waals surface area contributed by atoms with Gasteiger partial charge in [-0.3, -0.25) is 4.79 Å². The van der Waals surface area contributed by atoms with Gasteiger partial charge in [0.1, 0.15) is 0 Å². The van der Waals surface area contributed by atoms with Crippen molar-refractivity contribution in [3.05, 3.63) is 41.2 Å². The third-order valence-corrected chi connectivity index (χ3v) is 4.60. The molecular weight excluding hydrogens is 302 g/mol. The van der Waals surface area contributed by atoms with Crippen molar-refractivity contribution in [1.82, 2.24) is 25.2 Å². The lowest BCUT2D eigenvalue weighted by Crippen LogP contribution is -2.38. The SMILES string of the molecule is Cc1ccc(-n2nnc(C(=O)NC[C@H](C)N(C)C)c2C2CC2)cc1. The molecule has 6 heteroatoms. The van der Waals surface area contributed by atoms with E-state index in [2.05, 4.69) is 34.4 Å². The predicted molar refractivity (Wildman–Crippen MR) is 93.6 cm³/mol. The van der Waals surface area contributed by atoms with Crippen LogP contribution in [0.4, 0.5) is 0 Å². The number of hydrogen-bond acceptors (Lipinski definition) is 4. The van der Waals surface area contributed by atoms with Gasteiger partial charge in [-0.25, -0.2) is 4.68 Å². The molecular formula is C18H25N5O. The van der Waals surface area contributed by atoms with Crippen molar-refractivity contribution in [2.45, 2.75) is 38.6 Å². The third kappa shape index (κ3) is 3.48. The van der Waals surface area contributed by atoms with E-state index in [-0.39, 0.29) is 11.9 Å². The van der Waals surface area contributed by atoms with Crippen LogP contribution in [0.3, 0.4) is 0 Å². The molecule has 1 aromatic carbocycles. The second-order valence-corrected chi connectivity index (χ2v) is 6.87. The molecule has 1 amide bonds. The van der Waals surface area contributed by atoms with Gasteiger partial charge in [0.2, 0.25) is 0 Å². The van der Waals surface area contributed by atoms with Gasteiger partial charge in [0, 0.05) is 18.5 Å². The molecule has 24 heavy (non-hydrogen) atoms. The van der Waals surface area contributed by atoms with E-state index in [9.17, 15) is 4.79 Å². The largest absolute Gasteiger partial charge is 0.349 e. The summed E-state index contributed by atoms with van der Waals surface area (Å²) in [5.41, 5.74) is 3.55. The van der Waals surface area contributed by atoms with Gasteiger partial charge in [0.05, 0.1) is 11.4 Å². The Morgan fingerprint density at radius 3 is 2.58 bits per heavy atom. The van der Waals surface area contributed by atoms with E-state index in [4.69, 9.17) is 0 Å². The molecule has 0 saturated heterocycles. The van der Waals surface area contributed by atoms with Gasteiger partial charge >= 0.3 is 0 Å². The van der Waals surface area contributed by atoms with Crippen LogP contribution in [0.25, 0.3) is 5.69 Å². The molecule has 0 unspecified atom stereocenters. The molecule has 1 heterocycles. The van der Waals surface area contributed by atoms with Crippen LogP contribution in [0.5, 0.6) is 0 Å². The maximum atomic E-state index is 12.6. The van der Waals surface area contributed by atoms with Crippen molar-refractivity contribution in [1.29, 1.82) is 0 Å². The van der Waals surface area contributed by atoms with Crippen molar-refractivity contribution < 1.29 is 4.79 Å². The van der Waals surface area contributed by atoms with Crippen LogP contribution in [0.15, 0.2) is 24.3 Å². The summed E-state index contributed by atoms with van der Waals surface area (Å²) in [5, 5.41) is 11.4. The molecule has 6 nitrogen and oxygen atoms in total. The summed E-state index contributed by atoms with van der Waals surface area (Å²) in [6, 6.07) is 8.40. The van der Waals surface area contributed by atoms with Crippen molar-refractivity contribution in [2.75, 3.05) is 20.6 Å². The normalized spacial score (nSPS) is 15.5. The minimum atomic E-state index is -0.135. The zero-order valence-electron chi connectivity index (χ0n) is 14.8. The summed E-state index contributed by atoms with van der Waals surface area (Å²) < 4.78 is 1.82. The van der Waals surface area contributed by atoms with E-state index >= 15 is 0 Å². The Morgan fingerprint density at radius 1 is 1.33 bits per heavy atom. The van der Waals surface area contributed by atoms with E-state index in [1.807, 2.05) is 43.0 Å². The molecule has 1 aliphatic carbocycles. The van der Waals surface area contributed by atoms with Gasteiger partial charge in [-0.05, 0) is 52.9 Å². The molecule has 1 aromatic heterocycles. The number of likely N-dealkylation sites (N-methyl/N-ethyl adjacent to an activating group) is 1. The highest BCUT2D eigenvalue weighted by Crippen LogP contribution is 2.41. The number of carbonyl (C=O) groups excluding carboxylic acids is 1. The Morgan fingerprint density at radius 2 is 2.00 bits per heavy atom. The highest BCUT2D eigenvalue weighted by Gasteiger charge is 2.34. The van der Waals surface area contributed by atoms with E-state index in [0.717, 1.165) is 24.2 Å². The number of nitrogens with zero attached hydrogens (tertiary/aromatic N) is 4. The third-order valence-electron chi connectivity index (χ3n) is 4.60. The molecule has 0 bridgehead atoms. The average molecular weight is 327 g/mol. The van der Waals surface area contributed by atoms with Gasteiger partial charge in [-0.2, -0.15) is 0 Å². The molecule has 1 atom stereocenters. The molecule has 1 N–H and O–H groups in total. The van der Waals surface area contributed by atoms with Crippen LogP contribution in [0, 0.1) is 6.92 Å². The lowest BCUT2D eigenvalue weighted by molar-refractivity contribution is 0.0937. The van der Waals surface area contributed by atoms with Gasteiger partial charge in [-0.1, -0.05) is 22.9 Å². The Hall–Kier alpha value is -2.21. The van der Waals surface area contributed by atoms with Crippen LogP contribution >= 0.6 is 0 Å². The molecule has 2 aromatic rings. The van der Waals surface area contributed by atoms with Crippen molar-refractivity contribution in [3.63, 3.8) is 0 Å². The maximum Gasteiger partial charge on any atom is 0.273 e. The minimum Gasteiger partial charge on any atom is -0.349 e. The zero-order chi connectivity index (χ0) is 17.3. The second kappa shape index (κ2) is 6.73. The summed E-state index contributed by atoms with van der Waals surface area (Å²) in [5.74, 6) is 0.247. The quantitative estimate of drug-likeness (QED) is 0.883. The van der Waals surface area contributed by atoms with Gasteiger partial charge < -0.3 is 10.2 Å². The molecule has 3 rings (SSSR count). The van der Waals surface area contributed by atoms with E-state index in [1.54, 1.807) is 0 Å². The summed E-state index contributed by atoms with van der Waals surface area (Å²) in [4.78, 5) is 14.7. The first-order valence-electron chi connectivity index (χ1n) is 8.44. The summed E-state index contributed by atoms with van der Waals surface area (Å²) in [6.45, 7) is 4.72. The van der Waals surface area contributed by atoms with Crippen LogP contribution in [-0.4, -0.2) is 52.5 Å². The van der Waals surface area contributed by atoms with Crippen LogP contribution in [0.1, 0.15) is 47.4 Å². The van der Waals surface area contributed by atoms with Crippen molar-refractivity contribution in [2.24, 2.45) is 0 Å². The Labute approximate surface area is 142 Å². The smallest absolute Gasteiger partial charge is 0.273 e. The van der Waals surface area contributed by atoms with E-state index in [1.165, 1.54) is 5.56 Å². The molecule has 1 saturated carbocycles. The first kappa shape index (κ1) is 16.6. The van der Waals surface area contributed by atoms with Gasteiger partial charge in [0.15, 0.2) is 5.69 Å². The summed E-state index contributed by atoms with van der Waals surface area (Å²) in [7, 11) is 4.00. The monoisotopic (exact) mass is 327 g/mol. The number of amides is 1.